The van der Waals surface area contributed by atoms with Crippen LogP contribution in [0.5, 0.6) is 0 Å². The van der Waals surface area contributed by atoms with E-state index in [1.807, 2.05) is 23.1 Å². The first-order valence-electron chi connectivity index (χ1n) is 11.0. The molecule has 1 N–H and O–H groups in total. The zero-order valence-corrected chi connectivity index (χ0v) is 17.6. The third-order valence-corrected chi connectivity index (χ3v) is 6.17. The van der Waals surface area contributed by atoms with Crippen molar-refractivity contribution in [3.63, 3.8) is 0 Å². The first-order chi connectivity index (χ1) is 14.8. The Balaban J connectivity index is 1.90. The van der Waals surface area contributed by atoms with Gasteiger partial charge in [0.25, 0.3) is 0 Å². The Hall–Kier alpha value is -2.91. The number of carbonyl (C=O) groups excluding carboxylic acids is 1. The molecule has 1 amide bonds. The summed E-state index contributed by atoms with van der Waals surface area (Å²) in [6.07, 6.45) is 2.96. The number of likely N-dealkylation sites (tertiary alicyclic amines) is 1. The molecule has 4 rings (SSSR count). The van der Waals surface area contributed by atoms with Gasteiger partial charge in [-0.3, -0.25) is 10.1 Å². The number of rotatable bonds is 6. The molecular weight excluding hydrogens is 368 g/mol. The Morgan fingerprint density at radius 1 is 0.800 bits per heavy atom. The molecule has 0 aliphatic carbocycles. The predicted octanol–water partition coefficient (Wildman–Crippen LogP) is 4.97. The minimum atomic E-state index is -0.603. The fourth-order valence-electron chi connectivity index (χ4n) is 4.63. The summed E-state index contributed by atoms with van der Waals surface area (Å²) in [5.41, 5.74) is 2.82. The van der Waals surface area contributed by atoms with Crippen molar-refractivity contribution in [2.24, 2.45) is 0 Å². The SMILES string of the molecule is CCN1CCCC[C@@H](NC(c2ccccc2)(c2ccccc2)c2ccccc2)C1=O. The van der Waals surface area contributed by atoms with Crippen molar-refractivity contribution in [1.82, 2.24) is 10.2 Å². The molecule has 0 unspecified atom stereocenters. The van der Waals surface area contributed by atoms with Crippen LogP contribution in [0.4, 0.5) is 0 Å². The number of benzene rings is 3. The van der Waals surface area contributed by atoms with E-state index in [1.165, 1.54) is 0 Å². The molecule has 3 heteroatoms. The number of hydrogen-bond donors (Lipinski definition) is 1. The van der Waals surface area contributed by atoms with Gasteiger partial charge in [-0.2, -0.15) is 0 Å². The van der Waals surface area contributed by atoms with Crippen molar-refractivity contribution in [3.8, 4) is 0 Å². The summed E-state index contributed by atoms with van der Waals surface area (Å²) < 4.78 is 0. The lowest BCUT2D eigenvalue weighted by Crippen LogP contribution is -2.55. The lowest BCUT2D eigenvalue weighted by atomic mass is 9.76. The van der Waals surface area contributed by atoms with Gasteiger partial charge in [0.15, 0.2) is 0 Å². The van der Waals surface area contributed by atoms with Crippen LogP contribution < -0.4 is 5.32 Å². The molecule has 0 saturated carbocycles. The maximum atomic E-state index is 13.4. The molecule has 1 fully saturated rings. The normalized spacial score (nSPS) is 17.6. The zero-order chi connectivity index (χ0) is 20.8. The number of amides is 1. The first kappa shape index (κ1) is 20.4. The standard InChI is InChI=1S/C27H30N2O/c1-2-29-21-13-12-20-25(26(29)30)28-27(22-14-6-3-7-15-22,23-16-8-4-9-17-23)24-18-10-5-11-19-24/h3-11,14-19,25,28H,2,12-13,20-21H2,1H3/t25-/m1/s1. The van der Waals surface area contributed by atoms with Gasteiger partial charge in [-0.25, -0.2) is 0 Å². The third kappa shape index (κ3) is 3.90. The Labute approximate surface area is 179 Å². The molecule has 3 aromatic rings. The van der Waals surface area contributed by atoms with Crippen LogP contribution in [-0.2, 0) is 10.3 Å². The molecule has 1 saturated heterocycles. The molecule has 1 aliphatic heterocycles. The molecule has 0 aromatic heterocycles. The maximum Gasteiger partial charge on any atom is 0.239 e. The van der Waals surface area contributed by atoms with Crippen LogP contribution >= 0.6 is 0 Å². The molecule has 1 aliphatic rings. The summed E-state index contributed by atoms with van der Waals surface area (Å²) in [6.45, 7) is 3.67. The average molecular weight is 399 g/mol. The van der Waals surface area contributed by atoms with Gasteiger partial charge in [-0.15, -0.1) is 0 Å². The highest BCUT2D eigenvalue weighted by Gasteiger charge is 2.40. The van der Waals surface area contributed by atoms with Gasteiger partial charge in [-0.1, -0.05) is 91.0 Å². The topological polar surface area (TPSA) is 32.3 Å². The van der Waals surface area contributed by atoms with Crippen molar-refractivity contribution < 1.29 is 4.79 Å². The second-order valence-electron chi connectivity index (χ2n) is 7.96. The van der Waals surface area contributed by atoms with Crippen LogP contribution in [0.1, 0.15) is 42.9 Å². The van der Waals surface area contributed by atoms with E-state index in [0.29, 0.717) is 0 Å². The van der Waals surface area contributed by atoms with E-state index in [4.69, 9.17) is 0 Å². The van der Waals surface area contributed by atoms with Crippen LogP contribution in [-0.4, -0.2) is 29.9 Å². The Morgan fingerprint density at radius 2 is 1.27 bits per heavy atom. The minimum absolute atomic E-state index is 0.210. The molecule has 3 nitrogen and oxygen atoms in total. The Kier molecular flexibility index (Phi) is 6.29. The predicted molar refractivity (Wildman–Crippen MR) is 122 cm³/mol. The van der Waals surface area contributed by atoms with Crippen molar-refractivity contribution in [3.05, 3.63) is 108 Å². The lowest BCUT2D eigenvalue weighted by molar-refractivity contribution is -0.133. The number of nitrogens with zero attached hydrogens (tertiary/aromatic N) is 1. The molecule has 0 bridgehead atoms. The molecular formula is C27H30N2O. The zero-order valence-electron chi connectivity index (χ0n) is 17.6. The van der Waals surface area contributed by atoms with Gasteiger partial charge in [0.1, 0.15) is 0 Å². The van der Waals surface area contributed by atoms with Crippen LogP contribution in [0.3, 0.4) is 0 Å². The van der Waals surface area contributed by atoms with Gasteiger partial charge in [0, 0.05) is 13.1 Å². The molecule has 0 radical (unpaired) electrons. The van der Waals surface area contributed by atoms with Crippen molar-refractivity contribution in [2.75, 3.05) is 13.1 Å². The fourth-order valence-corrected chi connectivity index (χ4v) is 4.63. The first-order valence-corrected chi connectivity index (χ1v) is 11.0. The van der Waals surface area contributed by atoms with E-state index in [2.05, 4.69) is 85.0 Å². The van der Waals surface area contributed by atoms with Gasteiger partial charge in [0.2, 0.25) is 5.91 Å². The molecule has 154 valence electrons. The monoisotopic (exact) mass is 398 g/mol. The van der Waals surface area contributed by atoms with E-state index in [0.717, 1.165) is 49.0 Å². The van der Waals surface area contributed by atoms with Crippen molar-refractivity contribution in [1.29, 1.82) is 0 Å². The second kappa shape index (κ2) is 9.27. The largest absolute Gasteiger partial charge is 0.342 e. The highest BCUT2D eigenvalue weighted by atomic mass is 16.2. The van der Waals surface area contributed by atoms with Crippen LogP contribution in [0.2, 0.25) is 0 Å². The van der Waals surface area contributed by atoms with E-state index in [-0.39, 0.29) is 11.9 Å². The van der Waals surface area contributed by atoms with Crippen LogP contribution in [0.25, 0.3) is 0 Å². The number of likely N-dealkylation sites (N-methyl/N-ethyl adjacent to an activating group) is 1. The van der Waals surface area contributed by atoms with Crippen molar-refractivity contribution in [2.45, 2.75) is 37.8 Å². The van der Waals surface area contributed by atoms with Gasteiger partial charge in [0.05, 0.1) is 11.6 Å². The number of nitrogens with one attached hydrogen (secondary N) is 1. The molecule has 30 heavy (non-hydrogen) atoms. The third-order valence-electron chi connectivity index (χ3n) is 6.17. The lowest BCUT2D eigenvalue weighted by Gasteiger charge is -2.40. The summed E-state index contributed by atoms with van der Waals surface area (Å²) >= 11 is 0. The summed E-state index contributed by atoms with van der Waals surface area (Å²) in [5.74, 6) is 0.210. The highest BCUT2D eigenvalue weighted by Crippen LogP contribution is 2.38. The van der Waals surface area contributed by atoms with E-state index < -0.39 is 5.54 Å². The van der Waals surface area contributed by atoms with Crippen LogP contribution in [0, 0.1) is 0 Å². The van der Waals surface area contributed by atoms with Gasteiger partial charge in [-0.05, 0) is 42.9 Å². The molecule has 3 aromatic carbocycles. The van der Waals surface area contributed by atoms with Crippen LogP contribution in [0.15, 0.2) is 91.0 Å². The summed E-state index contributed by atoms with van der Waals surface area (Å²) in [5, 5.41) is 3.88. The van der Waals surface area contributed by atoms with E-state index in [9.17, 15) is 4.79 Å². The van der Waals surface area contributed by atoms with Gasteiger partial charge < -0.3 is 4.90 Å². The second-order valence-corrected chi connectivity index (χ2v) is 7.96. The highest BCUT2D eigenvalue weighted by molar-refractivity contribution is 5.82. The number of carbonyl (C=O) groups is 1. The molecule has 0 spiro atoms. The maximum absolute atomic E-state index is 13.4. The summed E-state index contributed by atoms with van der Waals surface area (Å²) in [7, 11) is 0. The Morgan fingerprint density at radius 3 is 1.70 bits per heavy atom. The van der Waals surface area contributed by atoms with Crippen molar-refractivity contribution >= 4 is 5.91 Å². The summed E-state index contributed by atoms with van der Waals surface area (Å²) in [4.78, 5) is 15.4. The smallest absolute Gasteiger partial charge is 0.239 e. The van der Waals surface area contributed by atoms with E-state index in [1.54, 1.807) is 0 Å². The molecule has 1 heterocycles. The number of hydrogen-bond acceptors (Lipinski definition) is 2. The minimum Gasteiger partial charge on any atom is -0.342 e. The molecule has 1 atom stereocenters. The van der Waals surface area contributed by atoms with Gasteiger partial charge >= 0.3 is 0 Å². The quantitative estimate of drug-likeness (QED) is 0.595. The van der Waals surface area contributed by atoms with E-state index >= 15 is 0 Å². The Bertz CT molecular complexity index is 844. The average Bonchev–Trinajstić information content (AvgIpc) is 3.00. The summed E-state index contributed by atoms with van der Waals surface area (Å²) in [6, 6.07) is 31.3. The fraction of sp³-hybridized carbons (Fsp3) is 0.296.